The van der Waals surface area contributed by atoms with E-state index in [1.165, 1.54) is 12.1 Å². The SMILES string of the molecule is Cc1cnc(Nc2cc(C)n(C)n2)nc1-c1c[nH]c2c(N3Cc4c(cccc4-c4cc(F)nc(F)c4)C3=O)cccc12. The van der Waals surface area contributed by atoms with Crippen LogP contribution in [-0.4, -0.2) is 35.6 Å². The van der Waals surface area contributed by atoms with Gasteiger partial charge in [-0.3, -0.25) is 9.48 Å². The zero-order valence-electron chi connectivity index (χ0n) is 22.9. The Bertz CT molecular complexity index is 2010. The van der Waals surface area contributed by atoms with Crippen molar-refractivity contribution in [1.82, 2.24) is 29.7 Å². The van der Waals surface area contributed by atoms with E-state index in [4.69, 9.17) is 4.98 Å². The highest BCUT2D eigenvalue weighted by Gasteiger charge is 2.32. The normalized spacial score (nSPS) is 12.8. The summed E-state index contributed by atoms with van der Waals surface area (Å²) in [5, 5.41) is 8.48. The van der Waals surface area contributed by atoms with Crippen LogP contribution < -0.4 is 10.2 Å². The smallest absolute Gasteiger partial charge is 0.259 e. The minimum atomic E-state index is -0.916. The number of anilines is 3. The molecular formula is C31H24F2N8O. The van der Waals surface area contributed by atoms with Crippen LogP contribution in [-0.2, 0) is 13.6 Å². The van der Waals surface area contributed by atoms with Gasteiger partial charge >= 0.3 is 0 Å². The van der Waals surface area contributed by atoms with Crippen LogP contribution in [0.4, 0.5) is 26.2 Å². The van der Waals surface area contributed by atoms with Crippen molar-refractivity contribution in [2.24, 2.45) is 7.05 Å². The summed E-state index contributed by atoms with van der Waals surface area (Å²) in [6.45, 7) is 4.15. The molecule has 11 heteroatoms. The van der Waals surface area contributed by atoms with Crippen LogP contribution in [0.5, 0.6) is 0 Å². The Morgan fingerprint density at radius 1 is 0.952 bits per heavy atom. The number of aryl methyl sites for hydroxylation is 3. The third-order valence-electron chi connectivity index (χ3n) is 7.61. The molecule has 0 bridgehead atoms. The lowest BCUT2D eigenvalue weighted by atomic mass is 9.98. The van der Waals surface area contributed by atoms with Gasteiger partial charge in [-0.2, -0.15) is 18.9 Å². The van der Waals surface area contributed by atoms with E-state index in [0.717, 1.165) is 33.4 Å². The van der Waals surface area contributed by atoms with Gasteiger partial charge in [-0.1, -0.05) is 24.3 Å². The minimum Gasteiger partial charge on any atom is -0.359 e. The predicted octanol–water partition coefficient (Wildman–Crippen LogP) is 6.22. The summed E-state index contributed by atoms with van der Waals surface area (Å²) in [4.78, 5) is 31.1. The summed E-state index contributed by atoms with van der Waals surface area (Å²) >= 11 is 0. The number of para-hydroxylation sites is 1. The summed E-state index contributed by atoms with van der Waals surface area (Å²) in [6, 6.07) is 15.2. The molecule has 208 valence electrons. The van der Waals surface area contributed by atoms with Crippen molar-refractivity contribution < 1.29 is 13.6 Å². The number of rotatable bonds is 5. The molecule has 0 atom stereocenters. The number of aromatic nitrogens is 6. The van der Waals surface area contributed by atoms with Gasteiger partial charge in [0.15, 0.2) is 5.82 Å². The second-order valence-electron chi connectivity index (χ2n) is 10.3. The van der Waals surface area contributed by atoms with Crippen LogP contribution in [0.2, 0.25) is 0 Å². The zero-order valence-corrected chi connectivity index (χ0v) is 22.9. The second kappa shape index (κ2) is 9.58. The van der Waals surface area contributed by atoms with E-state index in [9.17, 15) is 13.6 Å². The molecule has 0 fully saturated rings. The molecular weight excluding hydrogens is 538 g/mol. The van der Waals surface area contributed by atoms with Crippen molar-refractivity contribution in [3.05, 3.63) is 101 Å². The number of H-pyrrole nitrogens is 1. The maximum absolute atomic E-state index is 13.9. The van der Waals surface area contributed by atoms with Crippen molar-refractivity contribution in [2.45, 2.75) is 20.4 Å². The molecule has 1 aliphatic heterocycles. The number of carbonyl (C=O) groups excluding carboxylic acids is 1. The number of amides is 1. The first-order chi connectivity index (χ1) is 20.3. The number of pyridine rings is 1. The van der Waals surface area contributed by atoms with Crippen molar-refractivity contribution in [3.8, 4) is 22.4 Å². The number of fused-ring (bicyclic) bond motifs is 2. The van der Waals surface area contributed by atoms with Gasteiger partial charge < -0.3 is 15.2 Å². The number of hydrogen-bond acceptors (Lipinski definition) is 6. The van der Waals surface area contributed by atoms with Gasteiger partial charge in [0, 0.05) is 59.8 Å². The Labute approximate surface area is 238 Å². The van der Waals surface area contributed by atoms with Crippen LogP contribution in [0.15, 0.2) is 67.0 Å². The molecule has 7 rings (SSSR count). The molecule has 9 nitrogen and oxygen atoms in total. The fraction of sp³-hybridized carbons (Fsp3) is 0.129. The molecule has 1 aliphatic rings. The molecule has 2 N–H and O–H groups in total. The van der Waals surface area contributed by atoms with E-state index in [0.29, 0.717) is 39.7 Å². The fourth-order valence-corrected chi connectivity index (χ4v) is 5.49. The van der Waals surface area contributed by atoms with E-state index in [1.54, 1.807) is 34.0 Å². The number of hydrogen-bond donors (Lipinski definition) is 2. The van der Waals surface area contributed by atoms with Gasteiger partial charge in [0.25, 0.3) is 5.91 Å². The molecule has 0 aliphatic carbocycles. The van der Waals surface area contributed by atoms with Gasteiger partial charge in [-0.05, 0) is 48.2 Å². The average molecular weight is 563 g/mol. The first kappa shape index (κ1) is 25.5. The van der Waals surface area contributed by atoms with Gasteiger partial charge in [-0.25, -0.2) is 9.97 Å². The third-order valence-corrected chi connectivity index (χ3v) is 7.61. The van der Waals surface area contributed by atoms with E-state index in [-0.39, 0.29) is 12.5 Å². The molecule has 42 heavy (non-hydrogen) atoms. The lowest BCUT2D eigenvalue weighted by molar-refractivity contribution is 0.0997. The van der Waals surface area contributed by atoms with Crippen LogP contribution in [0.1, 0.15) is 27.2 Å². The summed E-state index contributed by atoms with van der Waals surface area (Å²) in [5.41, 5.74) is 7.04. The summed E-state index contributed by atoms with van der Waals surface area (Å²) in [6.07, 6.45) is 3.63. The molecule has 0 spiro atoms. The Hall–Kier alpha value is -5.45. The van der Waals surface area contributed by atoms with Crippen LogP contribution in [0.25, 0.3) is 33.3 Å². The Morgan fingerprint density at radius 2 is 1.71 bits per heavy atom. The molecule has 4 aromatic heterocycles. The number of halogens is 2. The number of nitrogens with one attached hydrogen (secondary N) is 2. The Kier molecular flexibility index (Phi) is 5.82. The molecule has 1 amide bonds. The van der Waals surface area contributed by atoms with E-state index in [1.807, 2.05) is 51.4 Å². The molecule has 6 aromatic rings. The highest BCUT2D eigenvalue weighted by molar-refractivity contribution is 6.15. The third kappa shape index (κ3) is 4.17. The highest BCUT2D eigenvalue weighted by Crippen LogP contribution is 2.40. The largest absolute Gasteiger partial charge is 0.359 e. The lowest BCUT2D eigenvalue weighted by Gasteiger charge is -2.17. The zero-order chi connectivity index (χ0) is 29.1. The average Bonchev–Trinajstić information content (AvgIpc) is 3.64. The molecule has 0 saturated heterocycles. The molecule has 0 radical (unpaired) electrons. The lowest BCUT2D eigenvalue weighted by Crippen LogP contribution is -2.23. The molecule has 0 saturated carbocycles. The van der Waals surface area contributed by atoms with Gasteiger partial charge in [0.1, 0.15) is 0 Å². The maximum atomic E-state index is 13.9. The van der Waals surface area contributed by atoms with E-state index in [2.05, 4.69) is 25.4 Å². The van der Waals surface area contributed by atoms with Crippen LogP contribution in [0.3, 0.4) is 0 Å². The predicted molar refractivity (Wildman–Crippen MR) is 155 cm³/mol. The van der Waals surface area contributed by atoms with Crippen molar-refractivity contribution in [1.29, 1.82) is 0 Å². The number of benzene rings is 2. The van der Waals surface area contributed by atoms with E-state index >= 15 is 0 Å². The fourth-order valence-electron chi connectivity index (χ4n) is 5.49. The highest BCUT2D eigenvalue weighted by atomic mass is 19.1. The first-order valence-corrected chi connectivity index (χ1v) is 13.3. The standard InChI is InChI=1S/C31H24F2N8O/c1-16-13-35-31(37-27-10-17(2)40(3)39-27)38-28(16)22-14-34-29-20(22)7-5-9-24(29)41-15-23-19(6-4-8-21(23)30(41)42)18-11-25(32)36-26(33)12-18/h4-14,34H,15H2,1-3H3,(H,35,37,38,39). The van der Waals surface area contributed by atoms with Crippen LogP contribution in [0, 0.1) is 25.7 Å². The maximum Gasteiger partial charge on any atom is 0.259 e. The van der Waals surface area contributed by atoms with Gasteiger partial charge in [-0.15, -0.1) is 0 Å². The van der Waals surface area contributed by atoms with Crippen molar-refractivity contribution in [3.63, 3.8) is 0 Å². The number of nitrogens with zero attached hydrogens (tertiary/aromatic N) is 6. The minimum absolute atomic E-state index is 0.194. The van der Waals surface area contributed by atoms with Gasteiger partial charge in [0.2, 0.25) is 17.8 Å². The summed E-state index contributed by atoms with van der Waals surface area (Å²) in [5.74, 6) is -0.960. The molecule has 0 unspecified atom stereocenters. The first-order valence-electron chi connectivity index (χ1n) is 13.3. The van der Waals surface area contributed by atoms with Gasteiger partial charge in [0.05, 0.1) is 23.4 Å². The molecule has 2 aromatic carbocycles. The van der Waals surface area contributed by atoms with Crippen LogP contribution >= 0.6 is 0 Å². The van der Waals surface area contributed by atoms with E-state index < -0.39 is 11.9 Å². The summed E-state index contributed by atoms with van der Waals surface area (Å²) in [7, 11) is 1.87. The quantitative estimate of drug-likeness (QED) is 0.242. The number of carbonyl (C=O) groups is 1. The molecule has 5 heterocycles. The summed E-state index contributed by atoms with van der Waals surface area (Å²) < 4.78 is 29.6. The topological polar surface area (TPSA) is 105 Å². The Balaban J connectivity index is 1.26. The second-order valence-corrected chi connectivity index (χ2v) is 10.3. The van der Waals surface area contributed by atoms with Crippen molar-refractivity contribution >= 4 is 34.3 Å². The number of aromatic amines is 1. The van der Waals surface area contributed by atoms with Crippen molar-refractivity contribution in [2.75, 3.05) is 10.2 Å². The monoisotopic (exact) mass is 562 g/mol. The Morgan fingerprint density at radius 3 is 2.48 bits per heavy atom.